The Kier molecular flexibility index (Phi) is 7.12. The Morgan fingerprint density at radius 2 is 0.872 bits per heavy atom. The Bertz CT molecular complexity index is 2450. The van der Waals surface area contributed by atoms with E-state index in [0.29, 0.717) is 11.1 Å². The highest BCUT2D eigenvalue weighted by atomic mass is 16.1. The van der Waals surface area contributed by atoms with Crippen molar-refractivity contribution in [3.63, 3.8) is 0 Å². The summed E-state index contributed by atoms with van der Waals surface area (Å²) in [6, 6.07) is 54.0. The van der Waals surface area contributed by atoms with Crippen LogP contribution in [0.5, 0.6) is 0 Å². The first-order valence-electron chi connectivity index (χ1n) is 15.6. The zero-order chi connectivity index (χ0) is 31.7. The molecule has 0 atom stereocenters. The highest BCUT2D eigenvalue weighted by Gasteiger charge is 2.15. The molecule has 3 nitrogen and oxygen atoms in total. The van der Waals surface area contributed by atoms with Crippen LogP contribution >= 0.6 is 0 Å². The van der Waals surface area contributed by atoms with Crippen LogP contribution in [-0.2, 0) is 0 Å². The summed E-state index contributed by atoms with van der Waals surface area (Å²) in [5, 5.41) is 8.81. The predicted octanol–water partition coefficient (Wildman–Crippen LogP) is 11.5. The molecule has 0 aliphatic rings. The number of rotatable bonds is 7. The van der Waals surface area contributed by atoms with Crippen molar-refractivity contribution >= 4 is 78.3 Å². The summed E-state index contributed by atoms with van der Waals surface area (Å²) < 4.78 is 0. The van der Waals surface area contributed by atoms with Crippen molar-refractivity contribution < 1.29 is 9.59 Å². The topological polar surface area (TPSA) is 37.4 Å². The van der Waals surface area contributed by atoms with Crippen LogP contribution < -0.4 is 4.90 Å². The van der Waals surface area contributed by atoms with Crippen molar-refractivity contribution in [1.82, 2.24) is 0 Å². The van der Waals surface area contributed by atoms with Crippen molar-refractivity contribution in [1.29, 1.82) is 0 Å². The number of carbonyl (C=O) groups is 2. The molecule has 8 aromatic rings. The molecule has 0 spiro atoms. The average Bonchev–Trinajstić information content (AvgIpc) is 3.13. The van der Waals surface area contributed by atoms with Gasteiger partial charge >= 0.3 is 0 Å². The van der Waals surface area contributed by atoms with Gasteiger partial charge in [0.1, 0.15) is 0 Å². The molecule has 0 aliphatic carbocycles. The molecule has 0 heterocycles. The van der Waals surface area contributed by atoms with Gasteiger partial charge in [-0.2, -0.15) is 0 Å². The third kappa shape index (κ3) is 5.45. The smallest absolute Gasteiger partial charge is 0.186 e. The minimum Gasteiger partial charge on any atom is -0.310 e. The second-order valence-corrected chi connectivity index (χ2v) is 11.8. The van der Waals surface area contributed by atoms with E-state index in [1.54, 1.807) is 18.2 Å². The summed E-state index contributed by atoms with van der Waals surface area (Å²) in [7, 11) is 0. The summed E-state index contributed by atoms with van der Waals surface area (Å²) in [5.74, 6) is -0.199. The van der Waals surface area contributed by atoms with E-state index < -0.39 is 0 Å². The third-order valence-electron chi connectivity index (χ3n) is 8.83. The van der Waals surface area contributed by atoms with E-state index >= 15 is 0 Å². The molecule has 222 valence electrons. The number of carbonyl (C=O) groups excluding carboxylic acids is 2. The second-order valence-electron chi connectivity index (χ2n) is 11.8. The maximum absolute atomic E-state index is 13.2. The number of aldehydes is 1. The summed E-state index contributed by atoms with van der Waals surface area (Å²) >= 11 is 0. The van der Waals surface area contributed by atoms with Gasteiger partial charge in [-0.05, 0) is 109 Å². The largest absolute Gasteiger partial charge is 0.310 e. The van der Waals surface area contributed by atoms with E-state index in [-0.39, 0.29) is 5.78 Å². The number of hydrogen-bond donors (Lipinski definition) is 0. The van der Waals surface area contributed by atoms with E-state index in [9.17, 15) is 9.59 Å². The van der Waals surface area contributed by atoms with Gasteiger partial charge in [-0.1, -0.05) is 109 Å². The van der Waals surface area contributed by atoms with Crippen molar-refractivity contribution in [2.24, 2.45) is 0 Å². The van der Waals surface area contributed by atoms with Gasteiger partial charge in [-0.3, -0.25) is 9.59 Å². The lowest BCUT2D eigenvalue weighted by Crippen LogP contribution is -2.10. The van der Waals surface area contributed by atoms with Crippen LogP contribution in [0.2, 0.25) is 0 Å². The number of hydrogen-bond acceptors (Lipinski definition) is 3. The van der Waals surface area contributed by atoms with Crippen LogP contribution in [0.1, 0.15) is 26.3 Å². The molecular weight excluding hydrogens is 574 g/mol. The zero-order valence-corrected chi connectivity index (χ0v) is 25.5. The molecule has 0 fully saturated rings. The van der Waals surface area contributed by atoms with Crippen LogP contribution in [0.15, 0.2) is 164 Å². The maximum atomic E-state index is 13.2. The average molecular weight is 604 g/mol. The lowest BCUT2D eigenvalue weighted by atomic mass is 9.98. The Morgan fingerprint density at radius 1 is 0.447 bits per heavy atom. The first-order valence-corrected chi connectivity index (χ1v) is 15.6. The van der Waals surface area contributed by atoms with Gasteiger partial charge in [0, 0.05) is 28.2 Å². The number of benzene rings is 8. The molecule has 0 unspecified atom stereocenters. The Labute approximate surface area is 272 Å². The molecule has 0 radical (unpaired) electrons. The van der Waals surface area contributed by atoms with Gasteiger partial charge in [0.15, 0.2) is 12.1 Å². The molecule has 0 saturated carbocycles. The monoisotopic (exact) mass is 603 g/mol. The van der Waals surface area contributed by atoms with Crippen LogP contribution in [0.3, 0.4) is 0 Å². The molecule has 0 N–H and O–H groups in total. The van der Waals surface area contributed by atoms with E-state index in [1.807, 2.05) is 36.4 Å². The van der Waals surface area contributed by atoms with Crippen molar-refractivity contribution in [2.75, 3.05) is 4.90 Å². The molecule has 0 bridgehead atoms. The minimum atomic E-state index is -0.199. The lowest BCUT2D eigenvalue weighted by molar-refractivity contribution is 0.103. The minimum absolute atomic E-state index is 0.199. The van der Waals surface area contributed by atoms with Crippen molar-refractivity contribution in [3.05, 3.63) is 180 Å². The third-order valence-corrected chi connectivity index (χ3v) is 8.83. The number of ketones is 1. The van der Waals surface area contributed by atoms with E-state index in [2.05, 4.69) is 120 Å². The van der Waals surface area contributed by atoms with Gasteiger partial charge < -0.3 is 4.90 Å². The number of nitrogens with zero attached hydrogens (tertiary/aromatic N) is 1. The van der Waals surface area contributed by atoms with Gasteiger partial charge in [-0.15, -0.1) is 0 Å². The van der Waals surface area contributed by atoms with Crippen LogP contribution in [-0.4, -0.2) is 12.1 Å². The maximum Gasteiger partial charge on any atom is 0.186 e. The van der Waals surface area contributed by atoms with Crippen molar-refractivity contribution in [3.8, 4) is 0 Å². The summed E-state index contributed by atoms with van der Waals surface area (Å²) in [5.41, 5.74) is 4.93. The predicted molar refractivity (Wildman–Crippen MR) is 196 cm³/mol. The van der Waals surface area contributed by atoms with E-state index in [0.717, 1.165) is 50.5 Å². The molecule has 0 amide bonds. The standard InChI is InChI=1S/C44H29NO2/c46-29-39-24-33-9-5-6-12-36(33)28-43(39)44(47)22-14-30-13-15-38-27-42(21-18-37(38)23-30)45(40-19-16-31-7-1-3-10-34(31)25-40)41-20-17-32-8-2-4-11-35(32)26-41/h1-29H. The quantitative estimate of drug-likeness (QED) is 0.103. The normalized spacial score (nSPS) is 11.5. The SMILES string of the molecule is O=Cc1cc2ccccc2cc1C(=O)C=Cc1ccc2cc(N(c3ccc4ccccc4c3)c3ccc4ccccc4c3)ccc2c1. The highest BCUT2D eigenvalue weighted by molar-refractivity contribution is 6.13. The van der Waals surface area contributed by atoms with Crippen molar-refractivity contribution in [2.45, 2.75) is 0 Å². The number of anilines is 3. The van der Waals surface area contributed by atoms with Crippen LogP contribution in [0.25, 0.3) is 49.2 Å². The molecule has 8 aromatic carbocycles. The summed E-state index contributed by atoms with van der Waals surface area (Å²) in [6.45, 7) is 0. The molecule has 0 aromatic heterocycles. The summed E-state index contributed by atoms with van der Waals surface area (Å²) in [4.78, 5) is 27.3. The molecule has 47 heavy (non-hydrogen) atoms. The van der Waals surface area contributed by atoms with E-state index in [4.69, 9.17) is 0 Å². The van der Waals surface area contributed by atoms with Gasteiger partial charge in [0.2, 0.25) is 0 Å². The molecule has 0 saturated heterocycles. The fourth-order valence-corrected chi connectivity index (χ4v) is 6.40. The fraction of sp³-hybridized carbons (Fsp3) is 0. The first kappa shape index (κ1) is 28.2. The Balaban J connectivity index is 1.15. The first-order chi connectivity index (χ1) is 23.1. The number of fused-ring (bicyclic) bond motifs is 4. The van der Waals surface area contributed by atoms with Gasteiger partial charge in [0.05, 0.1) is 0 Å². The van der Waals surface area contributed by atoms with E-state index in [1.165, 1.54) is 21.5 Å². The highest BCUT2D eigenvalue weighted by Crippen LogP contribution is 2.38. The van der Waals surface area contributed by atoms with Gasteiger partial charge in [-0.25, -0.2) is 0 Å². The molecule has 8 rings (SSSR count). The van der Waals surface area contributed by atoms with Gasteiger partial charge in [0.25, 0.3) is 0 Å². The Morgan fingerprint density at radius 3 is 1.43 bits per heavy atom. The number of allylic oxidation sites excluding steroid dienone is 1. The van der Waals surface area contributed by atoms with Crippen LogP contribution in [0, 0.1) is 0 Å². The second kappa shape index (κ2) is 11.9. The molecular formula is C44H29NO2. The zero-order valence-electron chi connectivity index (χ0n) is 25.5. The lowest BCUT2D eigenvalue weighted by Gasteiger charge is -2.26. The fourth-order valence-electron chi connectivity index (χ4n) is 6.40. The molecule has 3 heteroatoms. The molecule has 0 aliphatic heterocycles. The van der Waals surface area contributed by atoms with Crippen LogP contribution in [0.4, 0.5) is 17.1 Å². The summed E-state index contributed by atoms with van der Waals surface area (Å²) in [6.07, 6.45) is 4.12. The Hall–Kier alpha value is -6.32.